The van der Waals surface area contributed by atoms with Crippen molar-refractivity contribution < 1.29 is 9.53 Å². The fourth-order valence-electron chi connectivity index (χ4n) is 3.27. The van der Waals surface area contributed by atoms with E-state index in [9.17, 15) is 4.79 Å². The van der Waals surface area contributed by atoms with Gasteiger partial charge in [0.1, 0.15) is 0 Å². The van der Waals surface area contributed by atoms with E-state index < -0.39 is 0 Å². The normalized spacial score (nSPS) is 16.3. The average Bonchev–Trinajstić information content (AvgIpc) is 3.27. The maximum atomic E-state index is 12.0. The SMILES string of the molecule is CN(C)C(=O)CNC(=NCc1ccccc1Cn1cccn1)NCC1CCCCO1.I. The van der Waals surface area contributed by atoms with Crippen LogP contribution < -0.4 is 10.6 Å². The maximum absolute atomic E-state index is 12.0. The lowest BCUT2D eigenvalue weighted by Gasteiger charge is -2.24. The number of likely N-dealkylation sites (N-methyl/N-ethyl adjacent to an activating group) is 1. The van der Waals surface area contributed by atoms with Crippen LogP contribution in [0.2, 0.25) is 0 Å². The molecule has 0 bridgehead atoms. The van der Waals surface area contributed by atoms with Crippen molar-refractivity contribution in [1.29, 1.82) is 0 Å². The molecule has 1 fully saturated rings. The van der Waals surface area contributed by atoms with Gasteiger partial charge in [0.25, 0.3) is 0 Å². The van der Waals surface area contributed by atoms with Gasteiger partial charge in [0, 0.05) is 39.6 Å². The van der Waals surface area contributed by atoms with E-state index in [2.05, 4.69) is 27.9 Å². The monoisotopic (exact) mass is 540 g/mol. The third-order valence-electron chi connectivity index (χ3n) is 5.09. The second-order valence-corrected chi connectivity index (χ2v) is 7.65. The minimum absolute atomic E-state index is 0. The van der Waals surface area contributed by atoms with Gasteiger partial charge < -0.3 is 20.3 Å². The van der Waals surface area contributed by atoms with E-state index in [0.717, 1.165) is 25.0 Å². The zero-order chi connectivity index (χ0) is 21.2. The molecule has 0 saturated carbocycles. The molecule has 1 atom stereocenters. The summed E-state index contributed by atoms with van der Waals surface area (Å²) < 4.78 is 7.70. The van der Waals surface area contributed by atoms with E-state index in [-0.39, 0.29) is 42.5 Å². The molecule has 31 heavy (non-hydrogen) atoms. The zero-order valence-corrected chi connectivity index (χ0v) is 20.6. The Bertz CT molecular complexity index is 819. The van der Waals surface area contributed by atoms with Gasteiger partial charge in [-0.05, 0) is 36.5 Å². The van der Waals surface area contributed by atoms with E-state index in [1.807, 2.05) is 29.1 Å². The van der Waals surface area contributed by atoms with Gasteiger partial charge in [-0.3, -0.25) is 9.48 Å². The third-order valence-corrected chi connectivity index (χ3v) is 5.09. The van der Waals surface area contributed by atoms with Gasteiger partial charge in [0.2, 0.25) is 5.91 Å². The number of hydrogen-bond acceptors (Lipinski definition) is 4. The van der Waals surface area contributed by atoms with Crippen molar-refractivity contribution in [3.05, 3.63) is 53.9 Å². The number of nitrogens with zero attached hydrogens (tertiary/aromatic N) is 4. The molecule has 1 saturated heterocycles. The molecule has 170 valence electrons. The van der Waals surface area contributed by atoms with Crippen LogP contribution in [0.3, 0.4) is 0 Å². The molecule has 3 rings (SSSR count). The first kappa shape index (κ1) is 25.1. The van der Waals surface area contributed by atoms with Crippen LogP contribution in [0.4, 0.5) is 0 Å². The topological polar surface area (TPSA) is 83.8 Å². The van der Waals surface area contributed by atoms with Crippen LogP contribution in [-0.2, 0) is 22.6 Å². The van der Waals surface area contributed by atoms with Gasteiger partial charge in [-0.15, -0.1) is 24.0 Å². The van der Waals surface area contributed by atoms with Crippen molar-refractivity contribution in [3.63, 3.8) is 0 Å². The minimum Gasteiger partial charge on any atom is -0.376 e. The van der Waals surface area contributed by atoms with Gasteiger partial charge in [-0.1, -0.05) is 24.3 Å². The lowest BCUT2D eigenvalue weighted by Crippen LogP contribution is -2.45. The molecule has 2 N–H and O–H groups in total. The van der Waals surface area contributed by atoms with Gasteiger partial charge in [0.05, 0.1) is 25.7 Å². The van der Waals surface area contributed by atoms with Crippen LogP contribution in [0.5, 0.6) is 0 Å². The molecule has 0 radical (unpaired) electrons. The van der Waals surface area contributed by atoms with E-state index in [1.165, 1.54) is 12.0 Å². The number of benzene rings is 1. The number of halogens is 1. The number of hydrogen-bond donors (Lipinski definition) is 2. The first-order valence-corrected chi connectivity index (χ1v) is 10.5. The molecule has 1 aliphatic rings. The summed E-state index contributed by atoms with van der Waals surface area (Å²) in [7, 11) is 3.49. The molecule has 9 heteroatoms. The molecule has 2 heterocycles. The number of ether oxygens (including phenoxy) is 1. The molecule has 1 aromatic carbocycles. The first-order chi connectivity index (χ1) is 14.6. The number of carbonyl (C=O) groups is 1. The predicted molar refractivity (Wildman–Crippen MR) is 133 cm³/mol. The summed E-state index contributed by atoms with van der Waals surface area (Å²) in [5, 5.41) is 10.8. The molecule has 1 aliphatic heterocycles. The van der Waals surface area contributed by atoms with E-state index >= 15 is 0 Å². The van der Waals surface area contributed by atoms with Crippen molar-refractivity contribution in [2.75, 3.05) is 33.8 Å². The van der Waals surface area contributed by atoms with E-state index in [4.69, 9.17) is 9.73 Å². The molecule has 1 unspecified atom stereocenters. The van der Waals surface area contributed by atoms with Gasteiger partial charge >= 0.3 is 0 Å². The largest absolute Gasteiger partial charge is 0.376 e. The third kappa shape index (κ3) is 8.48. The summed E-state index contributed by atoms with van der Waals surface area (Å²) >= 11 is 0. The fraction of sp³-hybridized carbons (Fsp3) is 0.500. The second kappa shape index (κ2) is 13.3. The van der Waals surface area contributed by atoms with Crippen LogP contribution >= 0.6 is 24.0 Å². The molecular formula is C22H33IN6O2. The van der Waals surface area contributed by atoms with Crippen molar-refractivity contribution in [2.24, 2.45) is 4.99 Å². The number of aromatic nitrogens is 2. The number of aliphatic imine (C=N–C) groups is 1. The first-order valence-electron chi connectivity index (χ1n) is 10.5. The summed E-state index contributed by atoms with van der Waals surface area (Å²) in [6, 6.07) is 10.1. The van der Waals surface area contributed by atoms with Gasteiger partial charge in [-0.25, -0.2) is 4.99 Å². The molecule has 1 amide bonds. The lowest BCUT2D eigenvalue weighted by molar-refractivity contribution is -0.127. The number of carbonyl (C=O) groups excluding carboxylic acids is 1. The van der Waals surface area contributed by atoms with E-state index in [1.54, 1.807) is 25.2 Å². The Balaban J connectivity index is 0.00000341. The van der Waals surface area contributed by atoms with Crippen molar-refractivity contribution in [1.82, 2.24) is 25.3 Å². The summed E-state index contributed by atoms with van der Waals surface area (Å²) in [6.45, 7) is 2.89. The van der Waals surface area contributed by atoms with Crippen LogP contribution in [0.15, 0.2) is 47.7 Å². The highest BCUT2D eigenvalue weighted by molar-refractivity contribution is 14.0. The highest BCUT2D eigenvalue weighted by Gasteiger charge is 2.15. The van der Waals surface area contributed by atoms with Crippen molar-refractivity contribution in [3.8, 4) is 0 Å². The Hall–Kier alpha value is -2.14. The van der Waals surface area contributed by atoms with Crippen LogP contribution in [0, 0.1) is 0 Å². The highest BCUT2D eigenvalue weighted by Crippen LogP contribution is 2.13. The van der Waals surface area contributed by atoms with Gasteiger partial charge in [0.15, 0.2) is 5.96 Å². The Kier molecular flexibility index (Phi) is 10.8. The number of amides is 1. The smallest absolute Gasteiger partial charge is 0.241 e. The van der Waals surface area contributed by atoms with Crippen LogP contribution in [0.25, 0.3) is 0 Å². The maximum Gasteiger partial charge on any atom is 0.241 e. The zero-order valence-electron chi connectivity index (χ0n) is 18.3. The molecule has 8 nitrogen and oxygen atoms in total. The van der Waals surface area contributed by atoms with Crippen molar-refractivity contribution in [2.45, 2.75) is 38.5 Å². The van der Waals surface area contributed by atoms with Crippen molar-refractivity contribution >= 4 is 35.8 Å². The fourth-order valence-corrected chi connectivity index (χ4v) is 3.27. The van der Waals surface area contributed by atoms with E-state index in [0.29, 0.717) is 25.6 Å². The quantitative estimate of drug-likeness (QED) is 0.305. The summed E-state index contributed by atoms with van der Waals surface area (Å²) in [5.74, 6) is 0.616. The Morgan fingerprint density at radius 2 is 2.03 bits per heavy atom. The van der Waals surface area contributed by atoms with Gasteiger partial charge in [-0.2, -0.15) is 5.10 Å². The minimum atomic E-state index is -0.00232. The second-order valence-electron chi connectivity index (χ2n) is 7.65. The molecule has 2 aromatic rings. The molecule has 0 spiro atoms. The predicted octanol–water partition coefficient (Wildman–Crippen LogP) is 2.24. The Labute approximate surface area is 201 Å². The number of rotatable bonds is 8. The Morgan fingerprint density at radius 3 is 2.71 bits per heavy atom. The highest BCUT2D eigenvalue weighted by atomic mass is 127. The molecule has 1 aromatic heterocycles. The lowest BCUT2D eigenvalue weighted by atomic mass is 10.1. The number of guanidine groups is 1. The molecular weight excluding hydrogens is 507 g/mol. The Morgan fingerprint density at radius 1 is 1.23 bits per heavy atom. The van der Waals surface area contributed by atoms with Crippen LogP contribution in [0.1, 0.15) is 30.4 Å². The summed E-state index contributed by atoms with van der Waals surface area (Å²) in [4.78, 5) is 18.3. The molecule has 0 aliphatic carbocycles. The average molecular weight is 540 g/mol. The standard InChI is InChI=1S/C22H32N6O2.HI/c1-27(2)21(29)16-25-22(24-15-20-10-5-6-13-30-20)23-14-18-8-3-4-9-19(18)17-28-12-7-11-26-28;/h3-4,7-9,11-12,20H,5-6,10,13-17H2,1-2H3,(H2,23,24,25);1H. The van der Waals surface area contributed by atoms with Crippen LogP contribution in [-0.4, -0.2) is 66.4 Å². The summed E-state index contributed by atoms with van der Waals surface area (Å²) in [5.41, 5.74) is 2.30. The number of nitrogens with one attached hydrogen (secondary N) is 2. The summed E-state index contributed by atoms with van der Waals surface area (Å²) in [6.07, 6.45) is 7.27.